The van der Waals surface area contributed by atoms with E-state index >= 15 is 0 Å². The van der Waals surface area contributed by atoms with E-state index in [1.807, 2.05) is 6.20 Å². The maximum atomic E-state index is 6.18. The van der Waals surface area contributed by atoms with E-state index in [0.717, 1.165) is 51.1 Å². The molecule has 1 N–H and O–H groups in total. The zero-order chi connectivity index (χ0) is 20.8. The number of likely N-dealkylation sites (tertiary alicyclic amines) is 1. The molecule has 3 atom stereocenters. The van der Waals surface area contributed by atoms with Gasteiger partial charge in [0.05, 0.1) is 17.8 Å². The van der Waals surface area contributed by atoms with Crippen LogP contribution in [0.4, 0.5) is 5.82 Å². The normalized spacial score (nSPS) is 25.1. The molecule has 0 radical (unpaired) electrons. The Bertz CT molecular complexity index is 1080. The average Bonchev–Trinajstić information content (AvgIpc) is 3.49. The van der Waals surface area contributed by atoms with Crippen LogP contribution in [-0.2, 0) is 12.8 Å². The number of benzene rings is 1. The van der Waals surface area contributed by atoms with Crippen molar-refractivity contribution < 1.29 is 4.74 Å². The first-order valence-electron chi connectivity index (χ1n) is 11.5. The van der Waals surface area contributed by atoms with Crippen molar-refractivity contribution in [3.63, 3.8) is 0 Å². The molecule has 6 heteroatoms. The zero-order valence-corrected chi connectivity index (χ0v) is 18.0. The van der Waals surface area contributed by atoms with Gasteiger partial charge in [0.1, 0.15) is 17.7 Å². The van der Waals surface area contributed by atoms with E-state index in [0.29, 0.717) is 6.04 Å². The predicted molar refractivity (Wildman–Crippen MR) is 121 cm³/mol. The molecule has 0 spiro atoms. The fraction of sp³-hybridized carbons (Fsp3) is 0.440. The molecule has 160 valence electrons. The Balaban J connectivity index is 1.25. The number of pyridine rings is 1. The van der Waals surface area contributed by atoms with E-state index in [1.54, 1.807) is 0 Å². The third-order valence-electron chi connectivity index (χ3n) is 6.97. The second-order valence-corrected chi connectivity index (χ2v) is 9.11. The summed E-state index contributed by atoms with van der Waals surface area (Å²) < 4.78 is 8.63. The number of hydrogen-bond donors (Lipinski definition) is 1. The van der Waals surface area contributed by atoms with Crippen molar-refractivity contribution in [2.24, 2.45) is 0 Å². The Labute approximate surface area is 183 Å². The highest BCUT2D eigenvalue weighted by atomic mass is 16.5. The molecule has 0 saturated carbocycles. The van der Waals surface area contributed by atoms with Crippen molar-refractivity contribution in [3.8, 4) is 5.88 Å². The molecule has 2 aromatic heterocycles. The van der Waals surface area contributed by atoms with Gasteiger partial charge >= 0.3 is 0 Å². The first kappa shape index (κ1) is 18.9. The number of aromatic nitrogens is 3. The van der Waals surface area contributed by atoms with Gasteiger partial charge in [0, 0.05) is 31.8 Å². The van der Waals surface area contributed by atoms with Crippen molar-refractivity contribution in [2.75, 3.05) is 25.5 Å². The van der Waals surface area contributed by atoms with Crippen molar-refractivity contribution >= 4 is 5.82 Å². The molecule has 31 heavy (non-hydrogen) atoms. The summed E-state index contributed by atoms with van der Waals surface area (Å²) in [5.74, 6) is 3.16. The van der Waals surface area contributed by atoms with E-state index in [-0.39, 0.29) is 12.1 Å². The Morgan fingerprint density at radius 1 is 1.03 bits per heavy atom. The molecule has 1 unspecified atom stereocenters. The average molecular weight is 416 g/mol. The zero-order valence-electron chi connectivity index (χ0n) is 18.0. The van der Waals surface area contributed by atoms with Crippen LogP contribution in [0.25, 0.3) is 0 Å². The van der Waals surface area contributed by atoms with E-state index in [4.69, 9.17) is 9.72 Å². The number of imidazole rings is 1. The molecule has 3 aromatic rings. The molecule has 0 bridgehead atoms. The lowest BCUT2D eigenvalue weighted by Gasteiger charge is -2.28. The topological polar surface area (TPSA) is 55.2 Å². The summed E-state index contributed by atoms with van der Waals surface area (Å²) in [7, 11) is 2.14. The van der Waals surface area contributed by atoms with Gasteiger partial charge in [-0.2, -0.15) is 0 Å². The van der Waals surface area contributed by atoms with E-state index in [9.17, 15) is 0 Å². The third kappa shape index (κ3) is 3.49. The van der Waals surface area contributed by atoms with Crippen LogP contribution in [0.3, 0.4) is 0 Å². The van der Waals surface area contributed by atoms with Crippen LogP contribution in [0, 0.1) is 0 Å². The van der Waals surface area contributed by atoms with Crippen LogP contribution in [0.5, 0.6) is 5.88 Å². The summed E-state index contributed by atoms with van der Waals surface area (Å²) in [6, 6.07) is 15.7. The van der Waals surface area contributed by atoms with E-state index in [1.165, 1.54) is 28.5 Å². The Hall–Kier alpha value is -2.86. The third-order valence-corrected chi connectivity index (χ3v) is 6.97. The van der Waals surface area contributed by atoms with Crippen LogP contribution in [-0.4, -0.2) is 45.7 Å². The lowest BCUT2D eigenvalue weighted by Crippen LogP contribution is -2.23. The number of anilines is 1. The number of nitrogens with zero attached hydrogens (tertiary/aromatic N) is 4. The number of nitrogens with one attached hydrogen (secondary N) is 1. The smallest absolute Gasteiger partial charge is 0.213 e. The van der Waals surface area contributed by atoms with Crippen LogP contribution >= 0.6 is 0 Å². The van der Waals surface area contributed by atoms with Gasteiger partial charge in [0.2, 0.25) is 5.88 Å². The summed E-state index contributed by atoms with van der Waals surface area (Å²) in [6.45, 7) is 2.06. The number of likely N-dealkylation sites (N-methyl/N-ethyl adjacent to an activating group) is 1. The quantitative estimate of drug-likeness (QED) is 0.698. The minimum absolute atomic E-state index is 0.239. The van der Waals surface area contributed by atoms with Crippen molar-refractivity contribution in [2.45, 2.75) is 50.3 Å². The lowest BCUT2D eigenvalue weighted by atomic mass is 9.98. The number of rotatable bonds is 4. The SMILES string of the molecule is CN1CC[C@@H](Oc2cc([C@H]3CCc4nc5n(c4N3)C(c3ccccc3)CC5)ccn2)C1. The molecule has 6 rings (SSSR count). The fourth-order valence-electron chi connectivity index (χ4n) is 5.39. The van der Waals surface area contributed by atoms with Crippen LogP contribution in [0.15, 0.2) is 48.7 Å². The number of fused-ring (bicyclic) bond motifs is 3. The molecule has 6 nitrogen and oxygen atoms in total. The molecular formula is C25H29N5O. The number of ether oxygens (including phenoxy) is 1. The highest BCUT2D eigenvalue weighted by Crippen LogP contribution is 2.41. The molecule has 1 aromatic carbocycles. The van der Waals surface area contributed by atoms with Crippen LogP contribution < -0.4 is 10.1 Å². The standard InChI is InChI=1S/C25H29N5O/c1-29-14-12-19(16-29)31-24-15-18(11-13-26-24)20-7-8-21-25(28-20)30-22(9-10-23(30)27-21)17-5-3-2-4-6-17/h2-6,11,13,15,19-20,22,28H,7-10,12,14,16H2,1H3/t19-,20-,22?/m1/s1. The molecule has 5 heterocycles. The van der Waals surface area contributed by atoms with Gasteiger partial charge in [0.25, 0.3) is 0 Å². The van der Waals surface area contributed by atoms with Crippen LogP contribution in [0.1, 0.15) is 54.0 Å². The molecule has 3 aliphatic rings. The first-order valence-corrected chi connectivity index (χ1v) is 11.5. The number of aryl methyl sites for hydroxylation is 2. The highest BCUT2D eigenvalue weighted by Gasteiger charge is 2.33. The molecule has 1 saturated heterocycles. The van der Waals surface area contributed by atoms with Crippen LogP contribution in [0.2, 0.25) is 0 Å². The maximum absolute atomic E-state index is 6.18. The van der Waals surface area contributed by atoms with Gasteiger partial charge in [0.15, 0.2) is 0 Å². The summed E-state index contributed by atoms with van der Waals surface area (Å²) in [6.07, 6.45) is 7.39. The lowest BCUT2D eigenvalue weighted by molar-refractivity contribution is 0.200. The van der Waals surface area contributed by atoms with Crippen molar-refractivity contribution in [1.29, 1.82) is 0 Å². The Morgan fingerprint density at radius 3 is 2.77 bits per heavy atom. The van der Waals surface area contributed by atoms with Crippen molar-refractivity contribution in [1.82, 2.24) is 19.4 Å². The van der Waals surface area contributed by atoms with Gasteiger partial charge in [-0.05, 0) is 49.9 Å². The van der Waals surface area contributed by atoms with Crippen molar-refractivity contribution in [3.05, 3.63) is 71.3 Å². The minimum Gasteiger partial charge on any atom is -0.473 e. The van der Waals surface area contributed by atoms with E-state index in [2.05, 4.69) is 69.3 Å². The maximum Gasteiger partial charge on any atom is 0.213 e. The summed E-state index contributed by atoms with van der Waals surface area (Å²) >= 11 is 0. The molecular weight excluding hydrogens is 386 g/mol. The van der Waals surface area contributed by atoms with Gasteiger partial charge in [-0.3, -0.25) is 0 Å². The van der Waals surface area contributed by atoms with Gasteiger partial charge in [-0.1, -0.05) is 30.3 Å². The molecule has 3 aliphatic heterocycles. The minimum atomic E-state index is 0.239. The largest absolute Gasteiger partial charge is 0.473 e. The first-order chi connectivity index (χ1) is 15.2. The second kappa shape index (κ2) is 7.68. The Kier molecular flexibility index (Phi) is 4.68. The van der Waals surface area contributed by atoms with Gasteiger partial charge in [-0.25, -0.2) is 9.97 Å². The highest BCUT2D eigenvalue weighted by molar-refractivity contribution is 5.51. The number of hydrogen-bond acceptors (Lipinski definition) is 5. The molecule has 0 amide bonds. The van der Waals surface area contributed by atoms with Gasteiger partial charge < -0.3 is 19.5 Å². The second-order valence-electron chi connectivity index (χ2n) is 9.11. The molecule has 0 aliphatic carbocycles. The fourth-order valence-corrected chi connectivity index (χ4v) is 5.39. The summed E-state index contributed by atoms with van der Waals surface area (Å²) in [5.41, 5.74) is 3.82. The van der Waals surface area contributed by atoms with E-state index < -0.39 is 0 Å². The molecule has 1 fully saturated rings. The predicted octanol–water partition coefficient (Wildman–Crippen LogP) is 4.00. The Morgan fingerprint density at radius 2 is 1.94 bits per heavy atom. The van der Waals surface area contributed by atoms with Gasteiger partial charge in [-0.15, -0.1) is 0 Å². The summed E-state index contributed by atoms with van der Waals surface area (Å²) in [4.78, 5) is 11.8. The monoisotopic (exact) mass is 415 g/mol. The summed E-state index contributed by atoms with van der Waals surface area (Å²) in [5, 5.41) is 3.83.